The van der Waals surface area contributed by atoms with E-state index in [2.05, 4.69) is 10.4 Å². The minimum Gasteiger partial charge on any atom is -0.383 e. The van der Waals surface area contributed by atoms with Crippen LogP contribution in [-0.4, -0.2) is 21.6 Å². The Hall–Kier alpha value is -3.61. The van der Waals surface area contributed by atoms with E-state index >= 15 is 0 Å². The molecule has 0 aliphatic carbocycles. The molecule has 0 fully saturated rings. The molecule has 1 aromatic heterocycles. The largest absolute Gasteiger partial charge is 0.383 e. The molecule has 5 N–H and O–H groups in total. The van der Waals surface area contributed by atoms with Crippen LogP contribution in [0, 0.1) is 0 Å². The molecule has 7 nitrogen and oxygen atoms in total. The predicted octanol–water partition coefficient (Wildman–Crippen LogP) is 5.65. The van der Waals surface area contributed by atoms with Crippen molar-refractivity contribution in [3.05, 3.63) is 59.7 Å². The van der Waals surface area contributed by atoms with Gasteiger partial charge in [-0.15, -0.1) is 0 Å². The number of anilines is 2. The number of aromatic nitrogens is 2. The van der Waals surface area contributed by atoms with Crippen LogP contribution in [0.3, 0.4) is 0 Å². The monoisotopic (exact) mass is 503 g/mol. The molecule has 0 bridgehead atoms. The Morgan fingerprint density at radius 2 is 1.56 bits per heavy atom. The van der Waals surface area contributed by atoms with Crippen molar-refractivity contribution < 1.29 is 29.0 Å². The third-order valence-electron chi connectivity index (χ3n) is 4.86. The van der Waals surface area contributed by atoms with Crippen LogP contribution in [0.4, 0.5) is 30.9 Å². The fourth-order valence-electron chi connectivity index (χ4n) is 3.25. The van der Waals surface area contributed by atoms with Gasteiger partial charge in [0, 0.05) is 17.3 Å². The number of hydrogen-bond acceptors (Lipinski definition) is 4. The first kappa shape index (κ1) is 25.0. The lowest BCUT2D eigenvalue weighted by molar-refractivity contribution is -0.115. The molecule has 2 aromatic carbocycles. The molecule has 3 aromatic rings. The molecule has 0 spiro atoms. The zero-order valence-corrected chi connectivity index (χ0v) is 18.9. The number of halogens is 5. The molecule has 0 saturated heterocycles. The van der Waals surface area contributed by atoms with Gasteiger partial charge in [0.2, 0.25) is 5.91 Å². The Kier molecular flexibility index (Phi) is 5.68. The van der Waals surface area contributed by atoms with E-state index < -0.39 is 26.9 Å². The zero-order chi connectivity index (χ0) is 25.5. The van der Waals surface area contributed by atoms with E-state index in [0.717, 1.165) is 12.1 Å². The lowest BCUT2D eigenvalue weighted by atomic mass is 10.0. The first-order valence-corrected chi connectivity index (χ1v) is 11.8. The van der Waals surface area contributed by atoms with Crippen LogP contribution < -0.4 is 16.8 Å². The van der Waals surface area contributed by atoms with Gasteiger partial charge in [-0.05, 0) is 43.7 Å². The number of nitrogen functional groups attached to an aromatic ring is 1. The van der Waals surface area contributed by atoms with Gasteiger partial charge in [0.15, 0.2) is 0 Å². The molecule has 0 aliphatic heterocycles. The number of benzene rings is 2. The average molecular weight is 503 g/mol. The summed E-state index contributed by atoms with van der Waals surface area (Å²) in [6, 6.07) is 8.28. The molecule has 13 heteroatoms. The normalized spacial score (nSPS) is 13.9. The van der Waals surface area contributed by atoms with Crippen molar-refractivity contribution in [2.75, 3.05) is 11.1 Å². The number of primary amides is 1. The van der Waals surface area contributed by atoms with Crippen molar-refractivity contribution in [3.8, 4) is 11.3 Å². The van der Waals surface area contributed by atoms with Gasteiger partial charge in [0.1, 0.15) is 22.0 Å². The fraction of sp³-hybridized carbons (Fsp3) is 0.190. The molecule has 3 rings (SSSR count). The first-order chi connectivity index (χ1) is 15.5. The molecule has 2 amide bonds. The zero-order valence-electron chi connectivity index (χ0n) is 18.1. The molecule has 0 unspecified atom stereocenters. The number of nitrogens with zero attached hydrogens (tertiary/aromatic N) is 2. The van der Waals surface area contributed by atoms with Crippen LogP contribution in [0.15, 0.2) is 53.4 Å². The Labute approximate surface area is 191 Å². The van der Waals surface area contributed by atoms with Crippen LogP contribution >= 0.6 is 10.2 Å². The minimum absolute atomic E-state index is 0.0620. The Bertz CT molecular complexity index is 1260. The molecule has 184 valence electrons. The summed E-state index contributed by atoms with van der Waals surface area (Å²) in [5.74, 6) is -1.17. The molecule has 0 atom stereocenters. The van der Waals surface area contributed by atoms with Crippen LogP contribution in [0.25, 0.3) is 11.3 Å². The van der Waals surface area contributed by atoms with Crippen molar-refractivity contribution in [3.63, 3.8) is 0 Å². The van der Waals surface area contributed by atoms with Gasteiger partial charge in [-0.1, -0.05) is 43.7 Å². The van der Waals surface area contributed by atoms with E-state index in [1.54, 1.807) is 24.3 Å². The van der Waals surface area contributed by atoms with Gasteiger partial charge in [-0.2, -0.15) is 5.10 Å². The maximum absolute atomic E-state index is 12.8. The second-order valence-electron chi connectivity index (χ2n) is 7.93. The number of hydrogen-bond donors (Lipinski definition) is 3. The second-order valence-corrected chi connectivity index (χ2v) is 10.3. The number of carbonyl (C=O) groups excluding carboxylic acids is 2. The van der Waals surface area contributed by atoms with Crippen molar-refractivity contribution in [2.45, 2.75) is 31.2 Å². The van der Waals surface area contributed by atoms with Crippen molar-refractivity contribution in [1.29, 1.82) is 0 Å². The van der Waals surface area contributed by atoms with Crippen molar-refractivity contribution in [1.82, 2.24) is 9.78 Å². The van der Waals surface area contributed by atoms with Gasteiger partial charge >= 0.3 is 10.2 Å². The highest BCUT2D eigenvalue weighted by atomic mass is 32.5. The van der Waals surface area contributed by atoms with E-state index in [9.17, 15) is 29.0 Å². The highest BCUT2D eigenvalue weighted by Crippen LogP contribution is 3.02. The third-order valence-corrected chi connectivity index (χ3v) is 6.02. The highest BCUT2D eigenvalue weighted by Gasteiger charge is 2.65. The second kappa shape index (κ2) is 7.72. The summed E-state index contributed by atoms with van der Waals surface area (Å²) in [5.41, 5.74) is 12.8. The van der Waals surface area contributed by atoms with E-state index in [0.29, 0.717) is 16.8 Å². The standard InChI is InChI=1S/C21H22F5N5O2S/c1-12(2)31-20(27)18(21(28)33)19(30-31)14-5-3-13(4-6-14)11-17(32)29-15-7-9-16(10-8-15)34(22,23,24,25)26/h3-10,12H,11,27H2,1-2H3,(H2,28,33)(H,29,32). The van der Waals surface area contributed by atoms with Crippen LogP contribution in [0.1, 0.15) is 35.8 Å². The van der Waals surface area contributed by atoms with E-state index in [1.807, 2.05) is 13.8 Å². The maximum Gasteiger partial charge on any atom is 0.310 e. The average Bonchev–Trinajstić information content (AvgIpc) is 3.05. The SMILES string of the molecule is CC(C)n1nc(-c2ccc(CC(=O)Nc3ccc(S(F)(F)(F)(F)F)cc3)cc2)c(C(N)=O)c1N. The fourth-order valence-corrected chi connectivity index (χ4v) is 3.90. The number of carbonyl (C=O) groups is 2. The van der Waals surface area contributed by atoms with E-state index in [1.165, 1.54) is 4.68 Å². The number of rotatable bonds is 7. The Morgan fingerprint density at radius 3 is 2.03 bits per heavy atom. The van der Waals surface area contributed by atoms with Crippen LogP contribution in [0.5, 0.6) is 0 Å². The highest BCUT2D eigenvalue weighted by molar-refractivity contribution is 8.45. The first-order valence-electron chi connectivity index (χ1n) is 9.87. The summed E-state index contributed by atoms with van der Waals surface area (Å²) in [5, 5.41) is 6.72. The van der Waals surface area contributed by atoms with Gasteiger partial charge in [-0.25, -0.2) is 4.68 Å². The van der Waals surface area contributed by atoms with Crippen LogP contribution in [0.2, 0.25) is 0 Å². The number of nitrogens with two attached hydrogens (primary N) is 2. The minimum atomic E-state index is -9.78. The van der Waals surface area contributed by atoms with E-state index in [4.69, 9.17) is 11.5 Å². The van der Waals surface area contributed by atoms with Gasteiger partial charge < -0.3 is 16.8 Å². The Balaban J connectivity index is 1.74. The molecular formula is C21H22F5N5O2S. The van der Waals surface area contributed by atoms with Crippen molar-refractivity contribution >= 4 is 33.5 Å². The maximum atomic E-state index is 12.8. The molecule has 0 saturated carbocycles. The van der Waals surface area contributed by atoms with Gasteiger partial charge in [-0.3, -0.25) is 9.59 Å². The molecule has 34 heavy (non-hydrogen) atoms. The Morgan fingerprint density at radius 1 is 1.00 bits per heavy atom. The smallest absolute Gasteiger partial charge is 0.310 e. The summed E-state index contributed by atoms with van der Waals surface area (Å²) in [4.78, 5) is 22.1. The molecule has 0 radical (unpaired) electrons. The lowest BCUT2D eigenvalue weighted by Gasteiger charge is -2.40. The third kappa shape index (κ3) is 5.47. The summed E-state index contributed by atoms with van der Waals surface area (Å²) < 4.78 is 65.4. The molecule has 0 aliphatic rings. The summed E-state index contributed by atoms with van der Waals surface area (Å²) in [6.45, 7) is 3.67. The quantitative estimate of drug-likeness (QED) is 0.361. The predicted molar refractivity (Wildman–Crippen MR) is 121 cm³/mol. The van der Waals surface area contributed by atoms with E-state index in [-0.39, 0.29) is 41.7 Å². The molecule has 1 heterocycles. The van der Waals surface area contributed by atoms with Crippen molar-refractivity contribution in [2.24, 2.45) is 5.73 Å². The molecular weight excluding hydrogens is 481 g/mol. The number of nitrogens with one attached hydrogen (secondary N) is 1. The summed E-state index contributed by atoms with van der Waals surface area (Å²) in [7, 11) is -9.78. The van der Waals surface area contributed by atoms with Gasteiger partial charge in [0.05, 0.1) is 6.42 Å². The summed E-state index contributed by atoms with van der Waals surface area (Å²) >= 11 is 0. The topological polar surface area (TPSA) is 116 Å². The number of amides is 2. The summed E-state index contributed by atoms with van der Waals surface area (Å²) in [6.07, 6.45) is -0.144. The van der Waals surface area contributed by atoms with Gasteiger partial charge in [0.25, 0.3) is 5.91 Å². The van der Waals surface area contributed by atoms with Crippen LogP contribution in [-0.2, 0) is 11.2 Å². The lowest BCUT2D eigenvalue weighted by Crippen LogP contribution is -2.15.